The minimum Gasteiger partial charge on any atom is -0.455 e. The van der Waals surface area contributed by atoms with Crippen molar-refractivity contribution >= 4 is 5.97 Å². The molecule has 2 atom stereocenters. The molecule has 0 fully saturated rings. The zero-order valence-corrected chi connectivity index (χ0v) is 7.30. The molecular formula is C9H12O4. The van der Waals surface area contributed by atoms with E-state index in [0.29, 0.717) is 5.57 Å². The van der Waals surface area contributed by atoms with Crippen LogP contribution in [-0.4, -0.2) is 35.0 Å². The zero-order valence-electron chi connectivity index (χ0n) is 7.30. The number of ether oxygens (including phenoxy) is 1. The minimum absolute atomic E-state index is 0.233. The number of allylic oxidation sites excluding steroid dienone is 2. The molecule has 0 aromatic heterocycles. The average molecular weight is 184 g/mol. The molecule has 0 aliphatic heterocycles. The Morgan fingerprint density at radius 1 is 1.69 bits per heavy atom. The number of aliphatic hydroxyl groups is 2. The Labute approximate surface area is 76.1 Å². The Morgan fingerprint density at radius 2 is 2.38 bits per heavy atom. The summed E-state index contributed by atoms with van der Waals surface area (Å²) >= 11 is 0. The SMILES string of the molecule is CC(=O)O[C@@H]1C=CC=C(CO)[C@@H]1O. The molecule has 4 nitrogen and oxygen atoms in total. The van der Waals surface area contributed by atoms with E-state index in [2.05, 4.69) is 0 Å². The standard InChI is InChI=1S/C9H12O4/c1-6(11)13-8-4-2-3-7(5-10)9(8)12/h2-4,8-10,12H,5H2,1H3/t8-,9+/m1/s1. The Kier molecular flexibility index (Phi) is 3.22. The Morgan fingerprint density at radius 3 is 2.92 bits per heavy atom. The van der Waals surface area contributed by atoms with Crippen LogP contribution in [0.1, 0.15) is 6.92 Å². The van der Waals surface area contributed by atoms with Crippen LogP contribution in [0.25, 0.3) is 0 Å². The summed E-state index contributed by atoms with van der Waals surface area (Å²) < 4.78 is 4.81. The fourth-order valence-electron chi connectivity index (χ4n) is 1.15. The molecule has 0 aromatic carbocycles. The zero-order chi connectivity index (χ0) is 9.84. The molecule has 0 saturated carbocycles. The second-order valence-corrected chi connectivity index (χ2v) is 2.80. The Hall–Kier alpha value is -1.13. The molecule has 0 unspecified atom stereocenters. The van der Waals surface area contributed by atoms with Gasteiger partial charge in [-0.1, -0.05) is 12.2 Å². The monoisotopic (exact) mass is 184 g/mol. The van der Waals surface area contributed by atoms with Crippen molar-refractivity contribution in [2.45, 2.75) is 19.1 Å². The molecular weight excluding hydrogens is 172 g/mol. The highest BCUT2D eigenvalue weighted by Gasteiger charge is 2.24. The van der Waals surface area contributed by atoms with Crippen LogP contribution >= 0.6 is 0 Å². The number of carbonyl (C=O) groups is 1. The van der Waals surface area contributed by atoms with Gasteiger partial charge in [-0.15, -0.1) is 0 Å². The predicted molar refractivity (Wildman–Crippen MR) is 45.9 cm³/mol. The molecule has 72 valence electrons. The van der Waals surface area contributed by atoms with E-state index in [-0.39, 0.29) is 6.61 Å². The Balaban J connectivity index is 2.66. The lowest BCUT2D eigenvalue weighted by Gasteiger charge is -2.23. The fourth-order valence-corrected chi connectivity index (χ4v) is 1.15. The van der Waals surface area contributed by atoms with Gasteiger partial charge in [-0.2, -0.15) is 0 Å². The summed E-state index contributed by atoms with van der Waals surface area (Å²) in [4.78, 5) is 10.6. The summed E-state index contributed by atoms with van der Waals surface area (Å²) in [6.07, 6.45) is 3.21. The summed E-state index contributed by atoms with van der Waals surface area (Å²) in [7, 11) is 0. The van der Waals surface area contributed by atoms with E-state index in [1.807, 2.05) is 0 Å². The predicted octanol–water partition coefficient (Wildman–Crippen LogP) is -0.232. The highest BCUT2D eigenvalue weighted by Crippen LogP contribution is 2.15. The lowest BCUT2D eigenvalue weighted by molar-refractivity contribution is -0.148. The van der Waals surface area contributed by atoms with E-state index in [4.69, 9.17) is 9.84 Å². The topological polar surface area (TPSA) is 66.8 Å². The van der Waals surface area contributed by atoms with Crippen molar-refractivity contribution in [3.8, 4) is 0 Å². The third-order valence-corrected chi connectivity index (χ3v) is 1.79. The second kappa shape index (κ2) is 4.20. The van der Waals surface area contributed by atoms with Crippen molar-refractivity contribution in [1.29, 1.82) is 0 Å². The van der Waals surface area contributed by atoms with Gasteiger partial charge in [0.25, 0.3) is 0 Å². The molecule has 1 aliphatic carbocycles. The number of hydrogen-bond donors (Lipinski definition) is 2. The molecule has 0 radical (unpaired) electrons. The number of hydrogen-bond acceptors (Lipinski definition) is 4. The van der Waals surface area contributed by atoms with Crippen molar-refractivity contribution in [2.75, 3.05) is 6.61 Å². The summed E-state index contributed by atoms with van der Waals surface area (Å²) in [6, 6.07) is 0. The molecule has 0 heterocycles. The van der Waals surface area contributed by atoms with Crippen LogP contribution in [-0.2, 0) is 9.53 Å². The van der Waals surface area contributed by atoms with Crippen molar-refractivity contribution in [2.24, 2.45) is 0 Å². The highest BCUT2D eigenvalue weighted by atomic mass is 16.6. The van der Waals surface area contributed by atoms with Crippen LogP contribution in [0.4, 0.5) is 0 Å². The molecule has 0 spiro atoms. The van der Waals surface area contributed by atoms with Crippen molar-refractivity contribution in [1.82, 2.24) is 0 Å². The molecule has 13 heavy (non-hydrogen) atoms. The molecule has 0 bridgehead atoms. The second-order valence-electron chi connectivity index (χ2n) is 2.80. The largest absolute Gasteiger partial charge is 0.455 e. The molecule has 0 saturated heterocycles. The first-order valence-electron chi connectivity index (χ1n) is 3.98. The van der Waals surface area contributed by atoms with E-state index in [9.17, 15) is 9.90 Å². The number of carbonyl (C=O) groups excluding carboxylic acids is 1. The van der Waals surface area contributed by atoms with Gasteiger partial charge in [-0.05, 0) is 11.6 Å². The van der Waals surface area contributed by atoms with Crippen LogP contribution in [0.2, 0.25) is 0 Å². The molecule has 2 N–H and O–H groups in total. The lowest BCUT2D eigenvalue weighted by Crippen LogP contribution is -2.33. The molecule has 1 aliphatic rings. The normalized spacial score (nSPS) is 26.8. The van der Waals surface area contributed by atoms with E-state index in [0.717, 1.165) is 0 Å². The maximum Gasteiger partial charge on any atom is 0.303 e. The first-order chi connectivity index (χ1) is 6.15. The van der Waals surface area contributed by atoms with Gasteiger partial charge >= 0.3 is 5.97 Å². The minimum atomic E-state index is -0.932. The molecule has 1 rings (SSSR count). The smallest absolute Gasteiger partial charge is 0.303 e. The van der Waals surface area contributed by atoms with Gasteiger partial charge in [0.05, 0.1) is 6.61 Å². The molecule has 4 heteroatoms. The highest BCUT2D eigenvalue weighted by molar-refractivity contribution is 5.66. The quantitative estimate of drug-likeness (QED) is 0.582. The number of aliphatic hydroxyl groups excluding tert-OH is 2. The van der Waals surface area contributed by atoms with Crippen LogP contribution in [0.3, 0.4) is 0 Å². The van der Waals surface area contributed by atoms with E-state index < -0.39 is 18.2 Å². The third-order valence-electron chi connectivity index (χ3n) is 1.79. The van der Waals surface area contributed by atoms with Gasteiger partial charge in [-0.25, -0.2) is 0 Å². The van der Waals surface area contributed by atoms with Crippen LogP contribution in [0.5, 0.6) is 0 Å². The fraction of sp³-hybridized carbons (Fsp3) is 0.444. The van der Waals surface area contributed by atoms with Gasteiger partial charge < -0.3 is 14.9 Å². The Bertz CT molecular complexity index is 254. The molecule has 0 amide bonds. The maximum absolute atomic E-state index is 10.6. The summed E-state index contributed by atoms with van der Waals surface area (Å²) in [5.41, 5.74) is 0.453. The van der Waals surface area contributed by atoms with Crippen LogP contribution < -0.4 is 0 Å². The van der Waals surface area contributed by atoms with Crippen molar-refractivity contribution in [3.05, 3.63) is 23.8 Å². The van der Waals surface area contributed by atoms with Crippen molar-refractivity contribution < 1.29 is 19.7 Å². The van der Waals surface area contributed by atoms with E-state index in [1.165, 1.54) is 6.92 Å². The lowest BCUT2D eigenvalue weighted by atomic mass is 10.00. The van der Waals surface area contributed by atoms with Crippen molar-refractivity contribution in [3.63, 3.8) is 0 Å². The first kappa shape index (κ1) is 9.95. The van der Waals surface area contributed by atoms with Crippen LogP contribution in [0, 0.1) is 0 Å². The van der Waals surface area contributed by atoms with Gasteiger partial charge in [0.1, 0.15) is 12.2 Å². The van der Waals surface area contributed by atoms with E-state index in [1.54, 1.807) is 18.2 Å². The van der Waals surface area contributed by atoms with Gasteiger partial charge in [0.2, 0.25) is 0 Å². The summed E-state index contributed by atoms with van der Waals surface area (Å²) in [5, 5.41) is 18.3. The number of esters is 1. The number of rotatable bonds is 2. The first-order valence-corrected chi connectivity index (χ1v) is 3.98. The summed E-state index contributed by atoms with van der Waals surface area (Å²) in [6.45, 7) is 1.04. The van der Waals surface area contributed by atoms with Gasteiger partial charge in [-0.3, -0.25) is 4.79 Å². The third kappa shape index (κ3) is 2.40. The van der Waals surface area contributed by atoms with Gasteiger partial charge in [0.15, 0.2) is 0 Å². The van der Waals surface area contributed by atoms with Gasteiger partial charge in [0, 0.05) is 6.92 Å². The summed E-state index contributed by atoms with van der Waals surface area (Å²) in [5.74, 6) is -0.451. The maximum atomic E-state index is 10.6. The van der Waals surface area contributed by atoms with E-state index >= 15 is 0 Å². The average Bonchev–Trinajstić information content (AvgIpc) is 2.08. The van der Waals surface area contributed by atoms with Crippen LogP contribution in [0.15, 0.2) is 23.8 Å². The molecule has 0 aromatic rings.